The van der Waals surface area contributed by atoms with Crippen LogP contribution in [0, 0.1) is 11.3 Å². The Morgan fingerprint density at radius 2 is 2.02 bits per heavy atom. The number of hydrogen-bond acceptors (Lipinski definition) is 8. The zero-order valence-corrected chi connectivity index (χ0v) is 23.8. The highest BCUT2D eigenvalue weighted by molar-refractivity contribution is 6.36. The Morgan fingerprint density at radius 1 is 1.15 bits per heavy atom. The Balaban J connectivity index is 1.24. The molecular weight excluding hydrogens is 522 g/mol. The second-order valence-electron chi connectivity index (χ2n) is 12.0. The molecule has 208 valence electrons. The number of likely N-dealkylation sites (tertiary alicyclic amines) is 1. The van der Waals surface area contributed by atoms with Crippen molar-refractivity contribution in [2.45, 2.75) is 62.7 Å². The molecule has 4 aliphatic heterocycles. The second kappa shape index (κ2) is 10.4. The monoisotopic (exact) mass is 557 g/mol. The number of hydrogen-bond donors (Lipinski definition) is 1. The highest BCUT2D eigenvalue weighted by atomic mass is 35.5. The van der Waals surface area contributed by atoms with Gasteiger partial charge in [-0.3, -0.25) is 0 Å². The van der Waals surface area contributed by atoms with Crippen LogP contribution < -0.4 is 19.9 Å². The Kier molecular flexibility index (Phi) is 6.69. The van der Waals surface area contributed by atoms with Crippen molar-refractivity contribution in [3.8, 4) is 12.1 Å². The summed E-state index contributed by atoms with van der Waals surface area (Å²) in [5.74, 6) is 0.992. The van der Waals surface area contributed by atoms with Crippen molar-refractivity contribution < 1.29 is 4.74 Å². The van der Waals surface area contributed by atoms with E-state index in [0.29, 0.717) is 37.7 Å². The Labute approximate surface area is 240 Å². The zero-order valence-electron chi connectivity index (χ0n) is 23.1. The molecule has 2 bridgehead atoms. The van der Waals surface area contributed by atoms with E-state index >= 15 is 0 Å². The van der Waals surface area contributed by atoms with Gasteiger partial charge >= 0.3 is 6.01 Å². The van der Waals surface area contributed by atoms with Crippen molar-refractivity contribution in [1.82, 2.24) is 20.2 Å². The molecule has 2 aromatic carbocycles. The van der Waals surface area contributed by atoms with Gasteiger partial charge in [0.25, 0.3) is 0 Å². The summed E-state index contributed by atoms with van der Waals surface area (Å²) in [7, 11) is 2.17. The molecular formula is C31H36ClN7O. The molecule has 3 saturated heterocycles. The lowest BCUT2D eigenvalue weighted by Gasteiger charge is -2.42. The smallest absolute Gasteiger partial charge is 0.318 e. The molecule has 8 nitrogen and oxygen atoms in total. The van der Waals surface area contributed by atoms with Gasteiger partial charge < -0.3 is 24.8 Å². The molecule has 1 aromatic heterocycles. The van der Waals surface area contributed by atoms with E-state index in [9.17, 15) is 5.26 Å². The maximum Gasteiger partial charge on any atom is 0.318 e. The molecule has 0 spiro atoms. The number of benzene rings is 2. The molecule has 5 heterocycles. The third-order valence-corrected chi connectivity index (χ3v) is 9.72. The van der Waals surface area contributed by atoms with Gasteiger partial charge in [-0.05, 0) is 63.2 Å². The first-order valence-electron chi connectivity index (χ1n) is 14.6. The van der Waals surface area contributed by atoms with Crippen LogP contribution in [0.2, 0.25) is 5.02 Å². The van der Waals surface area contributed by atoms with E-state index in [4.69, 9.17) is 26.3 Å². The number of ether oxygens (including phenoxy) is 1. The molecule has 0 saturated carbocycles. The van der Waals surface area contributed by atoms with Crippen molar-refractivity contribution in [3.05, 3.63) is 52.7 Å². The minimum atomic E-state index is -0.163. The molecule has 7 rings (SSSR count). The summed E-state index contributed by atoms with van der Waals surface area (Å²) in [6.45, 7) is 4.92. The predicted octanol–water partition coefficient (Wildman–Crippen LogP) is 4.54. The average Bonchev–Trinajstić information content (AvgIpc) is 3.51. The predicted molar refractivity (Wildman–Crippen MR) is 158 cm³/mol. The van der Waals surface area contributed by atoms with Crippen LogP contribution in [0.1, 0.15) is 43.4 Å². The van der Waals surface area contributed by atoms with Gasteiger partial charge in [0, 0.05) is 53.9 Å². The topological polar surface area (TPSA) is 80.5 Å². The number of rotatable bonds is 6. The third-order valence-electron chi connectivity index (χ3n) is 9.40. The number of halogens is 1. The minimum Gasteiger partial charge on any atom is -0.462 e. The highest BCUT2D eigenvalue weighted by Gasteiger charge is 2.45. The van der Waals surface area contributed by atoms with Crippen LogP contribution in [0.3, 0.4) is 0 Å². The normalized spacial score (nSPS) is 26.2. The third kappa shape index (κ3) is 4.64. The number of likely N-dealkylation sites (N-methyl/N-ethyl adjacent to an activating group) is 1. The second-order valence-corrected chi connectivity index (χ2v) is 12.4. The fourth-order valence-electron chi connectivity index (χ4n) is 7.31. The fourth-order valence-corrected chi connectivity index (χ4v) is 7.59. The molecule has 3 atom stereocenters. The van der Waals surface area contributed by atoms with E-state index in [1.807, 2.05) is 12.1 Å². The lowest BCUT2D eigenvalue weighted by Crippen LogP contribution is -2.60. The van der Waals surface area contributed by atoms with Crippen LogP contribution in [-0.4, -0.2) is 72.3 Å². The van der Waals surface area contributed by atoms with Crippen LogP contribution >= 0.6 is 11.6 Å². The minimum absolute atomic E-state index is 0.163. The number of nitriles is 1. The van der Waals surface area contributed by atoms with Crippen LogP contribution in [0.4, 0.5) is 11.5 Å². The van der Waals surface area contributed by atoms with E-state index in [0.717, 1.165) is 84.9 Å². The largest absolute Gasteiger partial charge is 0.462 e. The summed E-state index contributed by atoms with van der Waals surface area (Å²) in [5, 5.41) is 16.3. The molecule has 2 unspecified atom stereocenters. The molecule has 0 radical (unpaired) electrons. The zero-order chi connectivity index (χ0) is 27.3. The molecule has 3 fully saturated rings. The van der Waals surface area contributed by atoms with Crippen molar-refractivity contribution in [1.29, 1.82) is 5.26 Å². The van der Waals surface area contributed by atoms with E-state index in [-0.39, 0.29) is 5.54 Å². The number of anilines is 2. The molecule has 1 N–H and O–H groups in total. The fraction of sp³-hybridized carbons (Fsp3) is 0.516. The van der Waals surface area contributed by atoms with Crippen molar-refractivity contribution in [3.63, 3.8) is 0 Å². The summed E-state index contributed by atoms with van der Waals surface area (Å²) in [6, 6.07) is 16.1. The van der Waals surface area contributed by atoms with Crippen molar-refractivity contribution >= 4 is 33.9 Å². The first kappa shape index (κ1) is 25.8. The lowest BCUT2D eigenvalue weighted by molar-refractivity contribution is 0.187. The number of aromatic nitrogens is 2. The van der Waals surface area contributed by atoms with Crippen LogP contribution in [0.15, 0.2) is 36.4 Å². The number of nitrogens with one attached hydrogen (secondary N) is 1. The quantitative estimate of drug-likeness (QED) is 0.473. The number of nitrogens with zero attached hydrogens (tertiary/aromatic N) is 6. The summed E-state index contributed by atoms with van der Waals surface area (Å²) in [6.07, 6.45) is 5.82. The maximum atomic E-state index is 9.58. The summed E-state index contributed by atoms with van der Waals surface area (Å²) >= 11 is 6.71. The summed E-state index contributed by atoms with van der Waals surface area (Å²) < 4.78 is 6.33. The van der Waals surface area contributed by atoms with Crippen LogP contribution in [0.25, 0.3) is 10.8 Å². The van der Waals surface area contributed by atoms with Gasteiger partial charge in [-0.25, -0.2) is 0 Å². The van der Waals surface area contributed by atoms with Gasteiger partial charge in [0.05, 0.1) is 29.8 Å². The molecule has 3 aromatic rings. The van der Waals surface area contributed by atoms with E-state index in [1.54, 1.807) is 0 Å². The average molecular weight is 558 g/mol. The first-order chi connectivity index (χ1) is 19.5. The molecule has 0 aliphatic carbocycles. The Hall–Kier alpha value is -3.12. The van der Waals surface area contributed by atoms with Gasteiger partial charge in [0.2, 0.25) is 0 Å². The van der Waals surface area contributed by atoms with Crippen molar-refractivity contribution in [2.24, 2.45) is 0 Å². The van der Waals surface area contributed by atoms with Gasteiger partial charge in [0.15, 0.2) is 0 Å². The van der Waals surface area contributed by atoms with Crippen LogP contribution in [0.5, 0.6) is 6.01 Å². The summed E-state index contributed by atoms with van der Waals surface area (Å²) in [5.41, 5.74) is 3.21. The molecule has 4 aliphatic rings. The van der Waals surface area contributed by atoms with Crippen molar-refractivity contribution in [2.75, 3.05) is 49.6 Å². The van der Waals surface area contributed by atoms with Gasteiger partial charge in [-0.15, -0.1) is 0 Å². The van der Waals surface area contributed by atoms with Crippen LogP contribution in [-0.2, 0) is 13.0 Å². The van der Waals surface area contributed by atoms with Gasteiger partial charge in [-0.1, -0.05) is 35.9 Å². The van der Waals surface area contributed by atoms with Gasteiger partial charge in [0.1, 0.15) is 12.4 Å². The maximum absolute atomic E-state index is 9.58. The van der Waals surface area contributed by atoms with E-state index in [2.05, 4.69) is 57.4 Å². The standard InChI is InChI=1S/C31H36ClN7O/c1-37-15-4-7-23(37)19-40-30-34-26-18-38(27-9-3-6-21-5-2-8-25(32)28(21)27)16-11-24(26)29(35-30)39-17-22-10-12-31(20-39,36-22)13-14-33/h2-3,5-6,8-9,22-23,36H,4,7,10-13,15-20H2,1H3/t22?,23-,31?/m0/s1. The first-order valence-corrected chi connectivity index (χ1v) is 14.9. The van der Waals surface area contributed by atoms with E-state index < -0.39 is 0 Å². The lowest BCUT2D eigenvalue weighted by atomic mass is 9.93. The number of fused-ring (bicyclic) bond motifs is 4. The Morgan fingerprint density at radius 3 is 2.85 bits per heavy atom. The Bertz CT molecular complexity index is 1470. The molecule has 9 heteroatoms. The number of piperazine rings is 1. The SMILES string of the molecule is CN1CCC[C@H]1COc1nc2c(c(N3CC4CCC(CC#N)(C3)N4)n1)CCN(c1cccc3cccc(Cl)c13)C2. The molecule has 0 amide bonds. The highest BCUT2D eigenvalue weighted by Crippen LogP contribution is 2.39. The van der Waals surface area contributed by atoms with E-state index in [1.165, 1.54) is 12.0 Å². The van der Waals surface area contributed by atoms with Gasteiger partial charge in [-0.2, -0.15) is 15.2 Å². The molecule has 40 heavy (non-hydrogen) atoms. The summed E-state index contributed by atoms with van der Waals surface area (Å²) in [4.78, 5) is 17.3.